The van der Waals surface area contributed by atoms with Crippen LogP contribution in [0.15, 0.2) is 6.20 Å². The van der Waals surface area contributed by atoms with Crippen molar-refractivity contribution < 1.29 is 9.31 Å². The fourth-order valence-corrected chi connectivity index (χ4v) is 2.23. The van der Waals surface area contributed by atoms with Crippen LogP contribution in [0.5, 0.6) is 0 Å². The number of nitrogens with zero attached hydrogens (tertiary/aromatic N) is 2. The first-order chi connectivity index (χ1) is 8.32. The first-order valence-corrected chi connectivity index (χ1v) is 6.72. The van der Waals surface area contributed by atoms with Gasteiger partial charge < -0.3 is 13.9 Å². The van der Waals surface area contributed by atoms with E-state index in [9.17, 15) is 0 Å². The third kappa shape index (κ3) is 1.99. The highest BCUT2D eigenvalue weighted by Gasteiger charge is 2.52. The molecule has 0 saturated carbocycles. The van der Waals surface area contributed by atoms with Gasteiger partial charge in [-0.1, -0.05) is 6.92 Å². The van der Waals surface area contributed by atoms with Gasteiger partial charge in [-0.25, -0.2) is 4.98 Å². The van der Waals surface area contributed by atoms with Gasteiger partial charge in [0, 0.05) is 19.2 Å². The summed E-state index contributed by atoms with van der Waals surface area (Å²) in [5, 5.41) is 0. The van der Waals surface area contributed by atoms with Gasteiger partial charge in [-0.2, -0.15) is 0 Å². The lowest BCUT2D eigenvalue weighted by atomic mass is 9.85. The van der Waals surface area contributed by atoms with E-state index >= 15 is 0 Å². The predicted octanol–water partition coefficient (Wildman–Crippen LogP) is 1.76. The number of aromatic nitrogens is 2. The van der Waals surface area contributed by atoms with Gasteiger partial charge in [0.2, 0.25) is 0 Å². The summed E-state index contributed by atoms with van der Waals surface area (Å²) in [6.45, 7) is 13.4. The molecule has 1 fully saturated rings. The topological polar surface area (TPSA) is 36.3 Å². The normalized spacial score (nSPS) is 21.6. The summed E-state index contributed by atoms with van der Waals surface area (Å²) in [4.78, 5) is 4.45. The van der Waals surface area contributed by atoms with Gasteiger partial charge in [-0.3, -0.25) is 0 Å². The van der Waals surface area contributed by atoms with Crippen LogP contribution in [0, 0.1) is 0 Å². The molecule has 1 aromatic rings. The molecule has 0 aromatic carbocycles. The second-order valence-electron chi connectivity index (χ2n) is 5.79. The van der Waals surface area contributed by atoms with Crippen molar-refractivity contribution in [1.29, 1.82) is 0 Å². The van der Waals surface area contributed by atoms with Crippen LogP contribution in [0.4, 0.5) is 0 Å². The highest BCUT2D eigenvalue weighted by molar-refractivity contribution is 6.61. The van der Waals surface area contributed by atoms with Crippen LogP contribution < -0.4 is 5.59 Å². The van der Waals surface area contributed by atoms with Crippen molar-refractivity contribution in [3.63, 3.8) is 0 Å². The van der Waals surface area contributed by atoms with Gasteiger partial charge >= 0.3 is 7.12 Å². The van der Waals surface area contributed by atoms with Crippen LogP contribution in [0.2, 0.25) is 0 Å². The first kappa shape index (κ1) is 13.6. The number of aryl methyl sites for hydroxylation is 1. The zero-order valence-electron chi connectivity index (χ0n) is 12.3. The van der Waals surface area contributed by atoms with Crippen molar-refractivity contribution >= 4 is 12.7 Å². The molecule has 0 atom stereocenters. The minimum absolute atomic E-state index is 0.299. The first-order valence-electron chi connectivity index (χ1n) is 6.72. The van der Waals surface area contributed by atoms with Gasteiger partial charge in [0.1, 0.15) is 5.82 Å². The van der Waals surface area contributed by atoms with E-state index < -0.39 is 0 Å². The van der Waals surface area contributed by atoms with Crippen LogP contribution in [-0.4, -0.2) is 27.9 Å². The Bertz CT molecular complexity index is 424. The molecule has 0 unspecified atom stereocenters. The summed E-state index contributed by atoms with van der Waals surface area (Å²) in [6, 6.07) is 0. The van der Waals surface area contributed by atoms with Crippen molar-refractivity contribution in [1.82, 2.24) is 9.55 Å². The number of hydrogen-bond acceptors (Lipinski definition) is 3. The molecule has 1 aromatic heterocycles. The molecule has 100 valence electrons. The van der Waals surface area contributed by atoms with Crippen LogP contribution in [0.1, 0.15) is 47.4 Å². The predicted molar refractivity (Wildman–Crippen MR) is 73.0 cm³/mol. The van der Waals surface area contributed by atoms with Crippen molar-refractivity contribution in [3.05, 3.63) is 12.0 Å². The number of imidazole rings is 1. The van der Waals surface area contributed by atoms with Crippen LogP contribution in [-0.2, 0) is 22.3 Å². The Morgan fingerprint density at radius 3 is 2.17 bits per heavy atom. The van der Waals surface area contributed by atoms with Crippen LogP contribution in [0.3, 0.4) is 0 Å². The fraction of sp³-hybridized carbons (Fsp3) is 0.769. The fourth-order valence-electron chi connectivity index (χ4n) is 2.23. The molecule has 0 N–H and O–H groups in total. The summed E-state index contributed by atoms with van der Waals surface area (Å²) in [7, 11) is -0.317. The second-order valence-corrected chi connectivity index (χ2v) is 5.79. The zero-order chi connectivity index (χ0) is 13.6. The number of hydrogen-bond donors (Lipinski definition) is 0. The maximum Gasteiger partial charge on any atom is 0.514 e. The van der Waals surface area contributed by atoms with E-state index in [1.807, 2.05) is 6.20 Å². The molecule has 4 nitrogen and oxygen atoms in total. The van der Waals surface area contributed by atoms with E-state index in [0.717, 1.165) is 24.4 Å². The highest BCUT2D eigenvalue weighted by atomic mass is 16.7. The average Bonchev–Trinajstić information content (AvgIpc) is 2.77. The maximum absolute atomic E-state index is 6.07. The van der Waals surface area contributed by atoms with Crippen molar-refractivity contribution in [2.24, 2.45) is 0 Å². The second kappa shape index (κ2) is 4.39. The lowest BCUT2D eigenvalue weighted by molar-refractivity contribution is 0.00578. The molecule has 5 heteroatoms. The molecule has 18 heavy (non-hydrogen) atoms. The zero-order valence-corrected chi connectivity index (χ0v) is 12.3. The van der Waals surface area contributed by atoms with E-state index in [4.69, 9.17) is 9.31 Å². The number of rotatable bonds is 3. The Balaban J connectivity index is 2.32. The molecule has 2 heterocycles. The molecule has 0 aliphatic carbocycles. The molecular formula is C13H23BN2O2. The molecule has 2 rings (SSSR count). The highest BCUT2D eigenvalue weighted by Crippen LogP contribution is 2.36. The lowest BCUT2D eigenvalue weighted by Crippen LogP contribution is -2.41. The van der Waals surface area contributed by atoms with E-state index in [-0.39, 0.29) is 18.3 Å². The lowest BCUT2D eigenvalue weighted by Gasteiger charge is -2.32. The summed E-state index contributed by atoms with van der Waals surface area (Å²) in [6.07, 6.45) is 2.80. The van der Waals surface area contributed by atoms with Crippen molar-refractivity contribution in [3.8, 4) is 0 Å². The molecule has 1 aliphatic heterocycles. The standard InChI is InChI=1S/C13H23BN2O2/c1-7-11-15-9-10(16(11)8-2)14-17-12(3,4)13(5,6)18-14/h9H,7-8H2,1-6H3. The minimum atomic E-state index is -0.317. The molecule has 0 bridgehead atoms. The van der Waals surface area contributed by atoms with Gasteiger partial charge in [-0.05, 0) is 34.6 Å². The average molecular weight is 250 g/mol. The van der Waals surface area contributed by atoms with E-state index in [1.165, 1.54) is 0 Å². The van der Waals surface area contributed by atoms with Gasteiger partial charge in [-0.15, -0.1) is 0 Å². The summed E-state index contributed by atoms with van der Waals surface area (Å²) >= 11 is 0. The molecular weight excluding hydrogens is 227 g/mol. The maximum atomic E-state index is 6.07. The molecule has 0 spiro atoms. The van der Waals surface area contributed by atoms with E-state index in [0.29, 0.717) is 0 Å². The van der Waals surface area contributed by atoms with Crippen LogP contribution in [0.25, 0.3) is 0 Å². The molecule has 0 radical (unpaired) electrons. The third-order valence-electron chi connectivity index (χ3n) is 4.10. The molecule has 0 amide bonds. The summed E-state index contributed by atoms with van der Waals surface area (Å²) < 4.78 is 14.3. The van der Waals surface area contributed by atoms with Crippen LogP contribution >= 0.6 is 0 Å². The van der Waals surface area contributed by atoms with Crippen molar-refractivity contribution in [2.45, 2.75) is 65.7 Å². The van der Waals surface area contributed by atoms with Crippen molar-refractivity contribution in [2.75, 3.05) is 0 Å². The monoisotopic (exact) mass is 250 g/mol. The van der Waals surface area contributed by atoms with Gasteiger partial charge in [0.05, 0.1) is 16.8 Å². The third-order valence-corrected chi connectivity index (χ3v) is 4.10. The quantitative estimate of drug-likeness (QED) is 0.767. The Morgan fingerprint density at radius 1 is 1.17 bits per heavy atom. The molecule has 1 aliphatic rings. The van der Waals surface area contributed by atoms with Gasteiger partial charge in [0.15, 0.2) is 0 Å². The SMILES string of the molecule is CCc1ncc(B2OC(C)(C)C(C)(C)O2)n1CC. The smallest absolute Gasteiger partial charge is 0.398 e. The Hall–Kier alpha value is -0.805. The minimum Gasteiger partial charge on any atom is -0.398 e. The summed E-state index contributed by atoms with van der Waals surface area (Å²) in [5.41, 5.74) is 0.424. The Morgan fingerprint density at radius 2 is 1.72 bits per heavy atom. The summed E-state index contributed by atoms with van der Waals surface area (Å²) in [5.74, 6) is 1.09. The molecule has 1 saturated heterocycles. The van der Waals surface area contributed by atoms with E-state index in [1.54, 1.807) is 0 Å². The Labute approximate surface area is 110 Å². The largest absolute Gasteiger partial charge is 0.514 e. The van der Waals surface area contributed by atoms with Gasteiger partial charge in [0.25, 0.3) is 0 Å². The van der Waals surface area contributed by atoms with E-state index in [2.05, 4.69) is 51.1 Å². The Kier molecular flexibility index (Phi) is 3.32.